The molecule has 0 aliphatic heterocycles. The summed E-state index contributed by atoms with van der Waals surface area (Å²) in [5.41, 5.74) is 9.04. The molecule has 0 spiro atoms. The van der Waals surface area contributed by atoms with Gasteiger partial charge in [0.15, 0.2) is 11.1 Å². The van der Waals surface area contributed by atoms with Crippen molar-refractivity contribution in [2.24, 2.45) is 10.7 Å². The maximum Gasteiger partial charge on any atom is 0.267 e. The van der Waals surface area contributed by atoms with Gasteiger partial charge in [0.25, 0.3) is 10.0 Å². The molecule has 3 N–H and O–H groups in total. The van der Waals surface area contributed by atoms with E-state index < -0.39 is 10.0 Å². The number of anilines is 1. The summed E-state index contributed by atoms with van der Waals surface area (Å²) in [7, 11) is -3.67. The van der Waals surface area contributed by atoms with Crippen LogP contribution < -0.4 is 11.1 Å². The molecule has 0 unspecified atom stereocenters. The van der Waals surface area contributed by atoms with Crippen LogP contribution in [0.1, 0.15) is 11.3 Å². The minimum absolute atomic E-state index is 0. The topological polar surface area (TPSA) is 102 Å². The first kappa shape index (κ1) is 23.7. The highest BCUT2D eigenvalue weighted by Gasteiger charge is 2.21. The summed E-state index contributed by atoms with van der Waals surface area (Å²) in [5.74, 6) is 0.269. The Morgan fingerprint density at radius 3 is 2.44 bits per heavy atom. The van der Waals surface area contributed by atoms with Gasteiger partial charge in [0, 0.05) is 22.8 Å². The Balaban J connectivity index is 0.00000289. The Hall–Kier alpha value is -2.95. The smallest absolute Gasteiger partial charge is 0.267 e. The zero-order valence-corrected chi connectivity index (χ0v) is 20.5. The van der Waals surface area contributed by atoms with Crippen molar-refractivity contribution in [1.82, 2.24) is 8.96 Å². The van der Waals surface area contributed by atoms with Crippen LogP contribution in [-0.2, 0) is 16.6 Å². The highest BCUT2D eigenvalue weighted by Crippen LogP contribution is 2.30. The van der Waals surface area contributed by atoms with Crippen LogP contribution in [-0.4, -0.2) is 23.3 Å². The third-order valence-electron chi connectivity index (χ3n) is 4.69. The average Bonchev–Trinajstić information content (AvgIpc) is 3.40. The number of halogens is 1. The highest BCUT2D eigenvalue weighted by atomic mass is 79.9. The second-order valence-electron chi connectivity index (χ2n) is 6.78. The molecule has 10 heteroatoms. The number of guanidine groups is 1. The lowest BCUT2D eigenvalue weighted by molar-refractivity contribution is 0.586. The van der Waals surface area contributed by atoms with Gasteiger partial charge in [-0.2, -0.15) is 0 Å². The first-order valence-corrected chi connectivity index (χ1v) is 11.8. The number of aliphatic imine (C=N–C) groups is 1. The van der Waals surface area contributed by atoms with E-state index in [4.69, 9.17) is 5.73 Å². The molecule has 4 rings (SSSR count). The Labute approximate surface area is 201 Å². The fourth-order valence-electron chi connectivity index (χ4n) is 3.09. The van der Waals surface area contributed by atoms with Gasteiger partial charge < -0.3 is 11.1 Å². The molecule has 2 aromatic carbocycles. The van der Waals surface area contributed by atoms with Crippen LogP contribution in [0.2, 0.25) is 0 Å². The summed E-state index contributed by atoms with van der Waals surface area (Å²) in [4.78, 5) is 9.11. The Bertz CT molecular complexity index is 1320. The summed E-state index contributed by atoms with van der Waals surface area (Å²) in [6.07, 6.45) is 1.55. The SMILES string of the molecule is Br.Cc1c(-c2csc(NC(N)=NCc3ccccc3)n2)ccn1S(=O)(=O)c1ccccc1. The van der Waals surface area contributed by atoms with Crippen molar-refractivity contribution in [2.45, 2.75) is 18.4 Å². The molecule has 0 aliphatic rings. The number of nitrogens with zero attached hydrogens (tertiary/aromatic N) is 3. The molecule has 2 heterocycles. The molecule has 0 radical (unpaired) electrons. The minimum atomic E-state index is -3.67. The van der Waals surface area contributed by atoms with Crippen molar-refractivity contribution in [2.75, 3.05) is 5.32 Å². The van der Waals surface area contributed by atoms with Crippen molar-refractivity contribution in [3.05, 3.63) is 89.6 Å². The zero-order chi connectivity index (χ0) is 21.8. The van der Waals surface area contributed by atoms with Crippen LogP contribution in [0.5, 0.6) is 0 Å². The van der Waals surface area contributed by atoms with Crippen molar-refractivity contribution in [1.29, 1.82) is 0 Å². The maximum atomic E-state index is 12.9. The summed E-state index contributed by atoms with van der Waals surface area (Å²) in [5, 5.41) is 5.44. The number of aromatic nitrogens is 2. The van der Waals surface area contributed by atoms with Gasteiger partial charge in [-0.3, -0.25) is 0 Å². The molecule has 0 fully saturated rings. The minimum Gasteiger partial charge on any atom is -0.370 e. The Morgan fingerprint density at radius 1 is 1.09 bits per heavy atom. The molecule has 0 amide bonds. The lowest BCUT2D eigenvalue weighted by Gasteiger charge is -2.08. The Morgan fingerprint density at radius 2 is 1.75 bits per heavy atom. The predicted molar refractivity (Wildman–Crippen MR) is 135 cm³/mol. The molecule has 0 saturated heterocycles. The zero-order valence-electron chi connectivity index (χ0n) is 17.2. The lowest BCUT2D eigenvalue weighted by atomic mass is 10.2. The number of benzene rings is 2. The number of thiazole rings is 1. The second kappa shape index (κ2) is 10.1. The van der Waals surface area contributed by atoms with Gasteiger partial charge in [-0.1, -0.05) is 48.5 Å². The number of hydrogen-bond donors (Lipinski definition) is 2. The van der Waals surface area contributed by atoms with E-state index in [-0.39, 0.29) is 27.8 Å². The molecule has 0 atom stereocenters. The summed E-state index contributed by atoms with van der Waals surface area (Å²) in [6.45, 7) is 2.23. The third-order valence-corrected chi connectivity index (χ3v) is 7.23. The van der Waals surface area contributed by atoms with E-state index in [1.807, 2.05) is 35.7 Å². The van der Waals surface area contributed by atoms with Crippen LogP contribution in [0, 0.1) is 6.92 Å². The van der Waals surface area contributed by atoms with Gasteiger partial charge >= 0.3 is 0 Å². The fraction of sp³-hybridized carbons (Fsp3) is 0.0909. The fourth-order valence-corrected chi connectivity index (χ4v) is 5.22. The largest absolute Gasteiger partial charge is 0.370 e. The molecular weight excluding hydrogens is 510 g/mol. The molecule has 32 heavy (non-hydrogen) atoms. The van der Waals surface area contributed by atoms with E-state index >= 15 is 0 Å². The van der Waals surface area contributed by atoms with Gasteiger partial charge in [-0.05, 0) is 30.7 Å². The summed E-state index contributed by atoms with van der Waals surface area (Å²) < 4.78 is 27.2. The summed E-state index contributed by atoms with van der Waals surface area (Å²) >= 11 is 1.37. The van der Waals surface area contributed by atoms with Crippen LogP contribution in [0.3, 0.4) is 0 Å². The monoisotopic (exact) mass is 531 g/mol. The van der Waals surface area contributed by atoms with Gasteiger partial charge in [0.1, 0.15) is 0 Å². The molecule has 2 aromatic heterocycles. The summed E-state index contributed by atoms with van der Waals surface area (Å²) in [6, 6.07) is 19.9. The third kappa shape index (κ3) is 5.09. The number of hydrogen-bond acceptors (Lipinski definition) is 5. The van der Waals surface area contributed by atoms with Crippen molar-refractivity contribution in [3.8, 4) is 11.3 Å². The van der Waals surface area contributed by atoms with Crippen molar-refractivity contribution in [3.63, 3.8) is 0 Å². The average molecular weight is 532 g/mol. The van der Waals surface area contributed by atoms with Gasteiger partial charge in [0.05, 0.1) is 17.1 Å². The van der Waals surface area contributed by atoms with E-state index in [9.17, 15) is 8.42 Å². The normalized spacial score (nSPS) is 11.7. The van der Waals surface area contributed by atoms with Crippen LogP contribution in [0.25, 0.3) is 11.3 Å². The first-order chi connectivity index (χ1) is 14.9. The van der Waals surface area contributed by atoms with E-state index in [2.05, 4.69) is 15.3 Å². The number of nitrogens with one attached hydrogen (secondary N) is 1. The van der Waals surface area contributed by atoms with E-state index in [0.29, 0.717) is 23.1 Å². The standard InChI is InChI=1S/C22H21N5O2S2.BrH/c1-16-19(12-13-27(16)31(28,29)18-10-6-3-7-11-18)20-15-30-22(25-20)26-21(23)24-14-17-8-4-2-5-9-17;/h2-13,15H,14H2,1H3,(H3,23,24,25,26);1H. The van der Waals surface area contributed by atoms with E-state index in [1.165, 1.54) is 15.3 Å². The van der Waals surface area contributed by atoms with Crippen molar-refractivity contribution < 1.29 is 8.42 Å². The van der Waals surface area contributed by atoms with E-state index in [1.54, 1.807) is 49.5 Å². The molecule has 7 nitrogen and oxygen atoms in total. The molecular formula is C22H22BrN5O2S2. The molecule has 0 bridgehead atoms. The molecule has 4 aromatic rings. The number of rotatable bonds is 6. The second-order valence-corrected chi connectivity index (χ2v) is 9.45. The maximum absolute atomic E-state index is 12.9. The van der Waals surface area contributed by atoms with Gasteiger partial charge in [-0.15, -0.1) is 28.3 Å². The quantitative estimate of drug-likeness (QED) is 0.278. The molecule has 0 saturated carbocycles. The lowest BCUT2D eigenvalue weighted by Crippen LogP contribution is -2.22. The predicted octanol–water partition coefficient (Wildman–Crippen LogP) is 4.66. The van der Waals surface area contributed by atoms with Gasteiger partial charge in [-0.25, -0.2) is 22.4 Å². The highest BCUT2D eigenvalue weighted by molar-refractivity contribution is 8.93. The van der Waals surface area contributed by atoms with Crippen LogP contribution >= 0.6 is 28.3 Å². The molecule has 0 aliphatic carbocycles. The van der Waals surface area contributed by atoms with Crippen LogP contribution in [0.15, 0.2) is 88.2 Å². The first-order valence-electron chi connectivity index (χ1n) is 9.50. The van der Waals surface area contributed by atoms with Crippen molar-refractivity contribution >= 4 is 49.4 Å². The Kier molecular flexibility index (Phi) is 7.49. The van der Waals surface area contributed by atoms with Gasteiger partial charge in [0.2, 0.25) is 0 Å². The van der Waals surface area contributed by atoms with E-state index in [0.717, 1.165) is 11.1 Å². The van der Waals surface area contributed by atoms with Crippen LogP contribution in [0.4, 0.5) is 5.13 Å². The number of nitrogens with two attached hydrogens (primary N) is 1. The molecule has 166 valence electrons.